The molecule has 0 saturated heterocycles. The average Bonchev–Trinajstić information content (AvgIpc) is 2.38. The first-order valence-electron chi connectivity index (χ1n) is 6.24. The predicted molar refractivity (Wildman–Crippen MR) is 72.9 cm³/mol. The Morgan fingerprint density at radius 1 is 1.39 bits per heavy atom. The Hall–Kier alpha value is -1.75. The van der Waals surface area contributed by atoms with Crippen molar-refractivity contribution < 1.29 is 9.53 Å². The number of rotatable bonds is 7. The molecule has 0 spiro atoms. The molecule has 0 saturated carbocycles. The first-order valence-corrected chi connectivity index (χ1v) is 6.24. The fraction of sp³-hybridized carbons (Fsp3) is 0.462. The van der Waals surface area contributed by atoms with Gasteiger partial charge < -0.3 is 21.1 Å². The fourth-order valence-electron chi connectivity index (χ4n) is 1.41. The third-order valence-electron chi connectivity index (χ3n) is 2.33. The fourth-order valence-corrected chi connectivity index (χ4v) is 1.41. The molecule has 2 amide bonds. The number of carbonyl (C=O) groups excluding carboxylic acids is 1. The molecular formula is C13H21N3O2. The van der Waals surface area contributed by atoms with Gasteiger partial charge in [-0.3, -0.25) is 0 Å². The summed E-state index contributed by atoms with van der Waals surface area (Å²) in [6.07, 6.45) is 2.02. The van der Waals surface area contributed by atoms with Crippen molar-refractivity contribution in [1.29, 1.82) is 0 Å². The molecule has 0 bridgehead atoms. The molecule has 0 fully saturated rings. The highest BCUT2D eigenvalue weighted by Crippen LogP contribution is 2.23. The van der Waals surface area contributed by atoms with E-state index in [1.807, 2.05) is 12.1 Å². The lowest BCUT2D eigenvalue weighted by Crippen LogP contribution is -2.29. The molecule has 0 aliphatic carbocycles. The number of ether oxygens (including phenoxy) is 1. The summed E-state index contributed by atoms with van der Waals surface area (Å²) in [5, 5.41) is 5.55. The molecule has 5 heteroatoms. The second-order valence-electron chi connectivity index (χ2n) is 3.87. The Morgan fingerprint density at radius 2 is 2.17 bits per heavy atom. The van der Waals surface area contributed by atoms with Gasteiger partial charge in [-0.25, -0.2) is 4.79 Å². The van der Waals surface area contributed by atoms with Crippen LogP contribution in [0.15, 0.2) is 24.3 Å². The largest absolute Gasteiger partial charge is 0.490 e. The molecule has 0 aromatic heterocycles. The number of hydrogen-bond acceptors (Lipinski definition) is 3. The molecular weight excluding hydrogens is 230 g/mol. The highest BCUT2D eigenvalue weighted by atomic mass is 16.5. The minimum atomic E-state index is -0.216. The Labute approximate surface area is 108 Å². The maximum atomic E-state index is 11.6. The normalized spacial score (nSPS) is 9.89. The van der Waals surface area contributed by atoms with Gasteiger partial charge in [-0.15, -0.1) is 0 Å². The van der Waals surface area contributed by atoms with Gasteiger partial charge in [0.05, 0.1) is 5.69 Å². The third kappa shape index (κ3) is 5.05. The Morgan fingerprint density at radius 3 is 2.89 bits per heavy atom. The number of benzene rings is 1. The van der Waals surface area contributed by atoms with Crippen LogP contribution < -0.4 is 21.1 Å². The highest BCUT2D eigenvalue weighted by molar-refractivity contribution is 5.90. The standard InChI is InChI=1S/C13H21N3O2/c1-2-3-9-15-13(17)16-11-6-4-5-7-12(11)18-10-8-14/h4-7H,2-3,8-10,14H2,1H3,(H2,15,16,17). The summed E-state index contributed by atoms with van der Waals surface area (Å²) in [4.78, 5) is 11.6. The average molecular weight is 251 g/mol. The molecule has 0 unspecified atom stereocenters. The Balaban J connectivity index is 2.51. The van der Waals surface area contributed by atoms with E-state index in [0.29, 0.717) is 31.1 Å². The van der Waals surface area contributed by atoms with Gasteiger partial charge in [-0.05, 0) is 18.6 Å². The molecule has 18 heavy (non-hydrogen) atoms. The van der Waals surface area contributed by atoms with Crippen molar-refractivity contribution in [3.63, 3.8) is 0 Å². The number of nitrogens with two attached hydrogens (primary N) is 1. The van der Waals surface area contributed by atoms with Crippen LogP contribution in [0.5, 0.6) is 5.75 Å². The monoisotopic (exact) mass is 251 g/mol. The third-order valence-corrected chi connectivity index (χ3v) is 2.33. The van der Waals surface area contributed by atoms with Gasteiger partial charge in [0, 0.05) is 13.1 Å². The summed E-state index contributed by atoms with van der Waals surface area (Å²) in [5.41, 5.74) is 6.04. The Kier molecular flexibility index (Phi) is 6.64. The van der Waals surface area contributed by atoms with Crippen LogP contribution in [0.1, 0.15) is 19.8 Å². The van der Waals surface area contributed by atoms with Gasteiger partial charge in [0.25, 0.3) is 0 Å². The van der Waals surface area contributed by atoms with E-state index in [1.54, 1.807) is 12.1 Å². The van der Waals surface area contributed by atoms with E-state index >= 15 is 0 Å². The topological polar surface area (TPSA) is 76.4 Å². The van der Waals surface area contributed by atoms with Gasteiger partial charge in [-0.2, -0.15) is 0 Å². The van der Waals surface area contributed by atoms with Crippen LogP contribution in [0.25, 0.3) is 0 Å². The van der Waals surface area contributed by atoms with Crippen molar-refractivity contribution >= 4 is 11.7 Å². The smallest absolute Gasteiger partial charge is 0.319 e. The molecule has 0 radical (unpaired) electrons. The first kappa shape index (κ1) is 14.3. The number of carbonyl (C=O) groups is 1. The molecule has 100 valence electrons. The van der Waals surface area contributed by atoms with Gasteiger partial charge in [0.15, 0.2) is 0 Å². The highest BCUT2D eigenvalue weighted by Gasteiger charge is 2.06. The van der Waals surface area contributed by atoms with E-state index in [-0.39, 0.29) is 6.03 Å². The van der Waals surface area contributed by atoms with Crippen LogP contribution in [0.3, 0.4) is 0 Å². The molecule has 1 aromatic carbocycles. The summed E-state index contributed by atoms with van der Waals surface area (Å²) in [6.45, 7) is 3.62. The molecule has 0 aliphatic rings. The van der Waals surface area contributed by atoms with Crippen molar-refractivity contribution in [3.05, 3.63) is 24.3 Å². The van der Waals surface area contributed by atoms with Crippen LogP contribution in [-0.2, 0) is 0 Å². The van der Waals surface area contributed by atoms with E-state index in [4.69, 9.17) is 10.5 Å². The Bertz CT molecular complexity index is 369. The van der Waals surface area contributed by atoms with E-state index in [2.05, 4.69) is 17.6 Å². The summed E-state index contributed by atoms with van der Waals surface area (Å²) in [6, 6.07) is 7.08. The zero-order valence-electron chi connectivity index (χ0n) is 10.7. The van der Waals surface area contributed by atoms with Gasteiger partial charge in [0.1, 0.15) is 12.4 Å². The van der Waals surface area contributed by atoms with Crippen molar-refractivity contribution in [2.45, 2.75) is 19.8 Å². The second kappa shape index (κ2) is 8.36. The zero-order valence-corrected chi connectivity index (χ0v) is 10.7. The van der Waals surface area contributed by atoms with Gasteiger partial charge in [0.2, 0.25) is 0 Å². The number of unbranched alkanes of at least 4 members (excludes halogenated alkanes) is 1. The zero-order chi connectivity index (χ0) is 13.2. The van der Waals surface area contributed by atoms with Crippen LogP contribution in [0, 0.1) is 0 Å². The van der Waals surface area contributed by atoms with Gasteiger partial charge in [-0.1, -0.05) is 25.5 Å². The van der Waals surface area contributed by atoms with Crippen LogP contribution in [0.4, 0.5) is 10.5 Å². The molecule has 0 aliphatic heterocycles. The molecule has 0 atom stereocenters. The molecule has 4 N–H and O–H groups in total. The van der Waals surface area contributed by atoms with Crippen LogP contribution in [0.2, 0.25) is 0 Å². The van der Waals surface area contributed by atoms with Crippen molar-refractivity contribution in [1.82, 2.24) is 5.32 Å². The van der Waals surface area contributed by atoms with E-state index < -0.39 is 0 Å². The maximum absolute atomic E-state index is 11.6. The quantitative estimate of drug-likeness (QED) is 0.648. The summed E-state index contributed by atoms with van der Waals surface area (Å²) in [5.74, 6) is 0.633. The number of anilines is 1. The van der Waals surface area contributed by atoms with Crippen molar-refractivity contribution in [2.24, 2.45) is 5.73 Å². The predicted octanol–water partition coefficient (Wildman–Crippen LogP) is 1.95. The molecule has 0 heterocycles. The number of urea groups is 1. The minimum Gasteiger partial charge on any atom is -0.490 e. The van der Waals surface area contributed by atoms with E-state index in [9.17, 15) is 4.79 Å². The number of nitrogens with one attached hydrogen (secondary N) is 2. The number of amides is 2. The molecule has 1 rings (SSSR count). The van der Waals surface area contributed by atoms with Gasteiger partial charge >= 0.3 is 6.03 Å². The van der Waals surface area contributed by atoms with E-state index in [1.165, 1.54) is 0 Å². The second-order valence-corrected chi connectivity index (χ2v) is 3.87. The molecule has 5 nitrogen and oxygen atoms in total. The lowest BCUT2D eigenvalue weighted by molar-refractivity contribution is 0.251. The summed E-state index contributed by atoms with van der Waals surface area (Å²) >= 11 is 0. The summed E-state index contributed by atoms with van der Waals surface area (Å²) < 4.78 is 5.45. The lowest BCUT2D eigenvalue weighted by Gasteiger charge is -2.12. The van der Waals surface area contributed by atoms with E-state index in [0.717, 1.165) is 12.8 Å². The molecule has 1 aromatic rings. The maximum Gasteiger partial charge on any atom is 0.319 e. The van der Waals surface area contributed by atoms with Crippen molar-refractivity contribution in [2.75, 3.05) is 25.0 Å². The number of para-hydroxylation sites is 2. The SMILES string of the molecule is CCCCNC(=O)Nc1ccccc1OCCN. The van der Waals surface area contributed by atoms with Crippen LogP contribution >= 0.6 is 0 Å². The number of hydrogen-bond donors (Lipinski definition) is 3. The van der Waals surface area contributed by atoms with Crippen molar-refractivity contribution in [3.8, 4) is 5.75 Å². The first-order chi connectivity index (χ1) is 8.77. The lowest BCUT2D eigenvalue weighted by atomic mass is 10.3. The minimum absolute atomic E-state index is 0.216. The summed E-state index contributed by atoms with van der Waals surface area (Å²) in [7, 11) is 0. The van der Waals surface area contributed by atoms with Crippen LogP contribution in [-0.4, -0.2) is 25.7 Å².